The van der Waals surface area contributed by atoms with Gasteiger partial charge in [0.25, 0.3) is 0 Å². The number of carbonyl (C=O) groups is 1. The van der Waals surface area contributed by atoms with Crippen molar-refractivity contribution in [1.29, 1.82) is 0 Å². The normalized spacial score (nSPS) is 11.3. The lowest BCUT2D eigenvalue weighted by atomic mass is 10.2. The van der Waals surface area contributed by atoms with Gasteiger partial charge in [0.1, 0.15) is 5.82 Å². The maximum absolute atomic E-state index is 13.6. The second-order valence-electron chi connectivity index (χ2n) is 5.29. The standard InChI is InChI=1S/C17H14BrFN4O/c1-10-14-8-13(9-20-17(14)23(2)22-10)21-16(24)6-3-11-7-12(18)4-5-15(11)19/h3-9H,1-2H3,(H,21,24)/b6-3+. The number of carbonyl (C=O) groups excluding carboxylic acids is 1. The fourth-order valence-electron chi connectivity index (χ4n) is 2.37. The Morgan fingerprint density at radius 1 is 1.38 bits per heavy atom. The minimum Gasteiger partial charge on any atom is -0.321 e. The number of nitrogens with zero attached hydrogens (tertiary/aromatic N) is 3. The number of nitrogens with one attached hydrogen (secondary N) is 1. The van der Waals surface area contributed by atoms with Crippen LogP contribution in [0.3, 0.4) is 0 Å². The van der Waals surface area contributed by atoms with Crippen molar-refractivity contribution in [3.63, 3.8) is 0 Å². The molecular formula is C17H14BrFN4O. The molecule has 0 saturated heterocycles. The number of anilines is 1. The zero-order valence-corrected chi connectivity index (χ0v) is 14.6. The van der Waals surface area contributed by atoms with Crippen molar-refractivity contribution >= 4 is 44.6 Å². The zero-order valence-electron chi connectivity index (χ0n) is 13.0. The molecule has 0 aliphatic carbocycles. The first kappa shape index (κ1) is 16.3. The van der Waals surface area contributed by atoms with Gasteiger partial charge in [-0.2, -0.15) is 5.10 Å². The van der Waals surface area contributed by atoms with Crippen LogP contribution in [-0.4, -0.2) is 20.7 Å². The lowest BCUT2D eigenvalue weighted by Crippen LogP contribution is -2.08. The van der Waals surface area contributed by atoms with Gasteiger partial charge in [0.15, 0.2) is 5.65 Å². The molecule has 2 aromatic heterocycles. The van der Waals surface area contributed by atoms with E-state index in [-0.39, 0.29) is 5.91 Å². The Morgan fingerprint density at radius 2 is 2.17 bits per heavy atom. The maximum atomic E-state index is 13.6. The number of hydrogen-bond acceptors (Lipinski definition) is 3. The molecule has 0 bridgehead atoms. The Hall–Kier alpha value is -2.54. The van der Waals surface area contributed by atoms with Crippen molar-refractivity contribution < 1.29 is 9.18 Å². The Kier molecular flexibility index (Phi) is 4.44. The molecule has 2 heterocycles. The molecule has 1 amide bonds. The highest BCUT2D eigenvalue weighted by molar-refractivity contribution is 9.10. The molecule has 122 valence electrons. The molecule has 0 spiro atoms. The van der Waals surface area contributed by atoms with Crippen LogP contribution in [0.15, 0.2) is 41.0 Å². The predicted molar refractivity (Wildman–Crippen MR) is 95.0 cm³/mol. The second kappa shape index (κ2) is 6.52. The summed E-state index contributed by atoms with van der Waals surface area (Å²) in [7, 11) is 1.82. The average Bonchev–Trinajstić information content (AvgIpc) is 2.82. The molecule has 0 aliphatic heterocycles. The Morgan fingerprint density at radius 3 is 2.96 bits per heavy atom. The van der Waals surface area contributed by atoms with Crippen LogP contribution in [0.1, 0.15) is 11.3 Å². The van der Waals surface area contributed by atoms with E-state index >= 15 is 0 Å². The van der Waals surface area contributed by atoms with Crippen molar-refractivity contribution in [3.05, 3.63) is 58.1 Å². The number of fused-ring (bicyclic) bond motifs is 1. The monoisotopic (exact) mass is 388 g/mol. The van der Waals surface area contributed by atoms with Crippen LogP contribution in [0.4, 0.5) is 10.1 Å². The second-order valence-corrected chi connectivity index (χ2v) is 6.21. The van der Waals surface area contributed by atoms with Gasteiger partial charge in [-0.3, -0.25) is 9.48 Å². The van der Waals surface area contributed by atoms with Crippen LogP contribution in [0.25, 0.3) is 17.1 Å². The molecule has 5 nitrogen and oxygen atoms in total. The SMILES string of the molecule is Cc1nn(C)c2ncc(NC(=O)/C=C/c3cc(Br)ccc3F)cc12. The van der Waals surface area contributed by atoms with E-state index in [2.05, 4.69) is 31.3 Å². The van der Waals surface area contributed by atoms with Gasteiger partial charge < -0.3 is 5.32 Å². The minimum absolute atomic E-state index is 0.330. The largest absolute Gasteiger partial charge is 0.321 e. The van der Waals surface area contributed by atoms with Crippen LogP contribution in [0, 0.1) is 12.7 Å². The molecule has 0 unspecified atom stereocenters. The van der Waals surface area contributed by atoms with Gasteiger partial charge in [-0.05, 0) is 37.3 Å². The third-order valence-corrected chi connectivity index (χ3v) is 4.00. The molecule has 0 aliphatic rings. The highest BCUT2D eigenvalue weighted by Gasteiger charge is 2.08. The van der Waals surface area contributed by atoms with Crippen molar-refractivity contribution in [1.82, 2.24) is 14.8 Å². The van der Waals surface area contributed by atoms with E-state index in [4.69, 9.17) is 0 Å². The highest BCUT2D eigenvalue weighted by atomic mass is 79.9. The smallest absolute Gasteiger partial charge is 0.248 e. The summed E-state index contributed by atoms with van der Waals surface area (Å²) in [4.78, 5) is 16.3. The quantitative estimate of drug-likeness (QED) is 0.693. The Balaban J connectivity index is 1.78. The summed E-state index contributed by atoms with van der Waals surface area (Å²) in [5.41, 5.74) is 2.47. The molecule has 0 fully saturated rings. The number of hydrogen-bond donors (Lipinski definition) is 1. The number of halogens is 2. The highest BCUT2D eigenvalue weighted by Crippen LogP contribution is 2.20. The Bertz CT molecular complexity index is 965. The number of benzene rings is 1. The van der Waals surface area contributed by atoms with Crippen LogP contribution in [-0.2, 0) is 11.8 Å². The van der Waals surface area contributed by atoms with Gasteiger partial charge in [0.05, 0.1) is 17.6 Å². The van der Waals surface area contributed by atoms with E-state index in [1.165, 1.54) is 18.2 Å². The topological polar surface area (TPSA) is 59.8 Å². The first-order valence-corrected chi connectivity index (χ1v) is 7.97. The summed E-state index contributed by atoms with van der Waals surface area (Å²) in [6.07, 6.45) is 4.27. The predicted octanol–water partition coefficient (Wildman–Crippen LogP) is 3.83. The summed E-state index contributed by atoms with van der Waals surface area (Å²) >= 11 is 3.27. The van der Waals surface area contributed by atoms with Crippen molar-refractivity contribution in [2.75, 3.05) is 5.32 Å². The van der Waals surface area contributed by atoms with Gasteiger partial charge in [-0.25, -0.2) is 9.37 Å². The molecule has 24 heavy (non-hydrogen) atoms. The molecule has 0 saturated carbocycles. The summed E-state index contributed by atoms with van der Waals surface area (Å²) in [5.74, 6) is -0.756. The summed E-state index contributed by atoms with van der Waals surface area (Å²) in [5, 5.41) is 7.87. The third-order valence-electron chi connectivity index (χ3n) is 3.50. The lowest BCUT2D eigenvalue weighted by molar-refractivity contribution is -0.111. The number of aryl methyl sites for hydroxylation is 2. The van der Waals surface area contributed by atoms with E-state index in [0.717, 1.165) is 21.2 Å². The van der Waals surface area contributed by atoms with Crippen molar-refractivity contribution in [3.8, 4) is 0 Å². The molecule has 7 heteroatoms. The average molecular weight is 389 g/mol. The van der Waals surface area contributed by atoms with Gasteiger partial charge in [0.2, 0.25) is 5.91 Å². The molecule has 1 N–H and O–H groups in total. The lowest BCUT2D eigenvalue weighted by Gasteiger charge is -2.02. The summed E-state index contributed by atoms with van der Waals surface area (Å²) in [6, 6.07) is 6.36. The maximum Gasteiger partial charge on any atom is 0.248 e. The minimum atomic E-state index is -0.392. The molecule has 0 radical (unpaired) electrons. The number of aromatic nitrogens is 3. The summed E-state index contributed by atoms with van der Waals surface area (Å²) in [6.45, 7) is 1.88. The summed E-state index contributed by atoms with van der Waals surface area (Å²) < 4.78 is 16.1. The Labute approximate surface area is 146 Å². The van der Waals surface area contributed by atoms with Gasteiger partial charge >= 0.3 is 0 Å². The molecular weight excluding hydrogens is 375 g/mol. The fourth-order valence-corrected chi connectivity index (χ4v) is 2.75. The van der Waals surface area contributed by atoms with Crippen molar-refractivity contribution in [2.45, 2.75) is 6.92 Å². The number of amides is 1. The molecule has 0 atom stereocenters. The molecule has 1 aromatic carbocycles. The van der Waals surface area contributed by atoms with Gasteiger partial charge in [0, 0.05) is 28.5 Å². The van der Waals surface area contributed by atoms with Crippen LogP contribution < -0.4 is 5.32 Å². The first-order valence-electron chi connectivity index (χ1n) is 7.17. The van der Waals surface area contributed by atoms with E-state index in [0.29, 0.717) is 11.3 Å². The van der Waals surface area contributed by atoms with Gasteiger partial charge in [-0.1, -0.05) is 15.9 Å². The van der Waals surface area contributed by atoms with E-state index in [9.17, 15) is 9.18 Å². The van der Waals surface area contributed by atoms with E-state index in [1.54, 1.807) is 23.0 Å². The van der Waals surface area contributed by atoms with Crippen LogP contribution in [0.2, 0.25) is 0 Å². The number of rotatable bonds is 3. The van der Waals surface area contributed by atoms with Crippen LogP contribution in [0.5, 0.6) is 0 Å². The van der Waals surface area contributed by atoms with Crippen molar-refractivity contribution in [2.24, 2.45) is 7.05 Å². The van der Waals surface area contributed by atoms with E-state index < -0.39 is 5.82 Å². The number of pyridine rings is 1. The molecule has 3 aromatic rings. The van der Waals surface area contributed by atoms with E-state index in [1.807, 2.05) is 20.0 Å². The molecule has 3 rings (SSSR count). The zero-order chi connectivity index (χ0) is 17.3. The third kappa shape index (κ3) is 3.35. The van der Waals surface area contributed by atoms with Gasteiger partial charge in [-0.15, -0.1) is 0 Å². The van der Waals surface area contributed by atoms with Crippen LogP contribution >= 0.6 is 15.9 Å². The first-order chi connectivity index (χ1) is 11.4. The fraction of sp³-hybridized carbons (Fsp3) is 0.118.